The van der Waals surface area contributed by atoms with Crippen LogP contribution in [-0.4, -0.2) is 35.9 Å². The maximum atomic E-state index is 13.6. The van der Waals surface area contributed by atoms with E-state index in [2.05, 4.69) is 16.0 Å². The number of amides is 3. The van der Waals surface area contributed by atoms with Crippen LogP contribution in [0.5, 0.6) is 5.75 Å². The third-order valence-electron chi connectivity index (χ3n) is 5.79. The number of fused-ring (bicyclic) bond motifs is 10. The summed E-state index contributed by atoms with van der Waals surface area (Å²) in [6.45, 7) is 7.82. The first-order valence-electron chi connectivity index (χ1n) is 12.3. The van der Waals surface area contributed by atoms with Crippen molar-refractivity contribution in [2.45, 2.75) is 52.3 Å². The van der Waals surface area contributed by atoms with Gasteiger partial charge in [0.05, 0.1) is 0 Å². The van der Waals surface area contributed by atoms with Crippen LogP contribution in [0, 0.1) is 11.8 Å². The minimum atomic E-state index is -1.03. The Hall–Kier alpha value is -3.87. The highest BCUT2D eigenvalue weighted by Crippen LogP contribution is 2.21. The minimum absolute atomic E-state index is 0.121. The van der Waals surface area contributed by atoms with E-state index >= 15 is 0 Å². The predicted octanol–water partition coefficient (Wildman–Crippen LogP) is 3.92. The number of carbonyl (C=O) groups excluding carboxylic acids is 3. The van der Waals surface area contributed by atoms with E-state index in [9.17, 15) is 14.4 Å². The summed E-state index contributed by atoms with van der Waals surface area (Å²) in [5.41, 5.74) is 1.75. The SMILES string of the molecule is CC(C)C[C@H]1NC(=O)[C@H](NC(=O)/C=C\c2ccccc2)[C@@H](C(C)C)Oc2ccc(cc2)/C=C/NC1=O. The summed E-state index contributed by atoms with van der Waals surface area (Å²) < 4.78 is 6.24. The second kappa shape index (κ2) is 12.7. The van der Waals surface area contributed by atoms with Crippen molar-refractivity contribution in [1.29, 1.82) is 0 Å². The van der Waals surface area contributed by atoms with E-state index in [4.69, 9.17) is 4.74 Å². The van der Waals surface area contributed by atoms with Crippen molar-refractivity contribution in [1.82, 2.24) is 16.0 Å². The molecule has 4 rings (SSSR count). The van der Waals surface area contributed by atoms with Crippen LogP contribution >= 0.6 is 0 Å². The van der Waals surface area contributed by atoms with Crippen molar-refractivity contribution in [2.24, 2.45) is 11.8 Å². The van der Waals surface area contributed by atoms with Crippen LogP contribution in [0.3, 0.4) is 0 Å². The zero-order valence-corrected chi connectivity index (χ0v) is 21.2. The van der Waals surface area contributed by atoms with E-state index < -0.39 is 30.0 Å². The summed E-state index contributed by atoms with van der Waals surface area (Å²) in [4.78, 5) is 39.4. The van der Waals surface area contributed by atoms with Crippen molar-refractivity contribution < 1.29 is 19.1 Å². The lowest BCUT2D eigenvalue weighted by atomic mass is 9.96. The Kier molecular flexibility index (Phi) is 9.45. The fourth-order valence-corrected chi connectivity index (χ4v) is 3.92. The van der Waals surface area contributed by atoms with Gasteiger partial charge in [-0.2, -0.15) is 0 Å². The van der Waals surface area contributed by atoms with Gasteiger partial charge in [0.2, 0.25) is 17.7 Å². The van der Waals surface area contributed by atoms with Crippen LogP contribution in [0.1, 0.15) is 45.2 Å². The number of hydrogen-bond acceptors (Lipinski definition) is 4. The molecule has 2 aliphatic heterocycles. The van der Waals surface area contributed by atoms with Crippen LogP contribution in [0.25, 0.3) is 12.2 Å². The van der Waals surface area contributed by atoms with Gasteiger partial charge in [0.15, 0.2) is 0 Å². The van der Waals surface area contributed by atoms with Gasteiger partial charge in [-0.25, -0.2) is 0 Å². The van der Waals surface area contributed by atoms with Gasteiger partial charge < -0.3 is 20.7 Å². The smallest absolute Gasteiger partial charge is 0.247 e. The van der Waals surface area contributed by atoms with Crippen molar-refractivity contribution >= 4 is 29.9 Å². The van der Waals surface area contributed by atoms with E-state index in [0.29, 0.717) is 12.2 Å². The van der Waals surface area contributed by atoms with E-state index in [0.717, 1.165) is 11.1 Å². The number of carbonyl (C=O) groups is 3. The first-order chi connectivity index (χ1) is 17.2. The van der Waals surface area contributed by atoms with Gasteiger partial charge in [-0.05, 0) is 53.7 Å². The average Bonchev–Trinajstić information content (AvgIpc) is 2.85. The molecule has 7 nitrogen and oxygen atoms in total. The highest BCUT2D eigenvalue weighted by Gasteiger charge is 2.36. The Morgan fingerprint density at radius 3 is 2.33 bits per heavy atom. The largest absolute Gasteiger partial charge is 0.487 e. The summed E-state index contributed by atoms with van der Waals surface area (Å²) in [6, 6.07) is 15.0. The molecule has 2 aliphatic rings. The number of ether oxygens (including phenoxy) is 1. The zero-order chi connectivity index (χ0) is 26.1. The van der Waals surface area contributed by atoms with Gasteiger partial charge in [0, 0.05) is 12.3 Å². The van der Waals surface area contributed by atoms with Crippen LogP contribution in [-0.2, 0) is 14.4 Å². The maximum absolute atomic E-state index is 13.6. The lowest BCUT2D eigenvalue weighted by Crippen LogP contribution is -2.59. The molecule has 2 bridgehead atoms. The first kappa shape index (κ1) is 26.7. The summed E-state index contributed by atoms with van der Waals surface area (Å²) in [5.74, 6) is -0.611. The highest BCUT2D eigenvalue weighted by atomic mass is 16.5. The second-order valence-electron chi connectivity index (χ2n) is 9.66. The van der Waals surface area contributed by atoms with Gasteiger partial charge in [0.1, 0.15) is 23.9 Å². The quantitative estimate of drug-likeness (QED) is 0.536. The molecular weight excluding hydrogens is 454 g/mol. The fraction of sp³-hybridized carbons (Fsp3) is 0.345. The normalized spacial score (nSPS) is 21.6. The van der Waals surface area contributed by atoms with E-state index in [1.165, 1.54) is 6.08 Å². The average molecular weight is 490 g/mol. The molecule has 2 aromatic rings. The zero-order valence-electron chi connectivity index (χ0n) is 21.2. The monoisotopic (exact) mass is 489 g/mol. The molecule has 0 aromatic heterocycles. The summed E-state index contributed by atoms with van der Waals surface area (Å²) >= 11 is 0. The summed E-state index contributed by atoms with van der Waals surface area (Å²) in [7, 11) is 0. The van der Waals surface area contributed by atoms with E-state index in [1.807, 2.05) is 70.2 Å². The molecule has 2 aromatic carbocycles. The molecule has 0 saturated carbocycles. The Labute approximate surface area is 213 Å². The Morgan fingerprint density at radius 2 is 1.69 bits per heavy atom. The van der Waals surface area contributed by atoms with Gasteiger partial charge in [-0.1, -0.05) is 70.2 Å². The topological polar surface area (TPSA) is 96.5 Å². The molecule has 0 aliphatic carbocycles. The Bertz CT molecular complexity index is 1090. The first-order valence-corrected chi connectivity index (χ1v) is 12.3. The number of hydrogen-bond donors (Lipinski definition) is 3. The van der Waals surface area contributed by atoms with Crippen LogP contribution in [0.4, 0.5) is 0 Å². The molecule has 0 unspecified atom stereocenters. The van der Waals surface area contributed by atoms with Crippen molar-refractivity contribution in [3.05, 3.63) is 78.0 Å². The van der Waals surface area contributed by atoms with Gasteiger partial charge in [-0.15, -0.1) is 0 Å². The van der Waals surface area contributed by atoms with Crippen molar-refractivity contribution in [3.8, 4) is 5.75 Å². The third-order valence-corrected chi connectivity index (χ3v) is 5.79. The molecule has 3 amide bonds. The lowest BCUT2D eigenvalue weighted by molar-refractivity contribution is -0.133. The Morgan fingerprint density at radius 1 is 1.00 bits per heavy atom. The lowest BCUT2D eigenvalue weighted by Gasteiger charge is -2.32. The number of benzene rings is 2. The standard InChI is InChI=1S/C29H35N3O4/c1-19(2)18-24-28(34)30-17-16-22-10-13-23(14-11-22)36-27(20(3)4)26(29(35)31-24)32-25(33)15-12-21-8-6-5-7-9-21/h5-17,19-20,24,26-27H,18H2,1-4H3,(H,30,34)(H,31,35)(H,32,33)/b15-12-,17-16+/t24-,26-,27-/m1/s1. The van der Waals surface area contributed by atoms with Crippen LogP contribution in [0.15, 0.2) is 66.9 Å². The third kappa shape index (κ3) is 7.83. The van der Waals surface area contributed by atoms with E-state index in [-0.39, 0.29) is 17.7 Å². The van der Waals surface area contributed by atoms with E-state index in [1.54, 1.807) is 30.5 Å². The maximum Gasteiger partial charge on any atom is 0.247 e. The molecule has 7 heteroatoms. The summed E-state index contributed by atoms with van der Waals surface area (Å²) in [6.07, 6.45) is 6.19. The van der Waals surface area contributed by atoms with Crippen molar-refractivity contribution in [2.75, 3.05) is 0 Å². The molecule has 0 spiro atoms. The molecule has 0 radical (unpaired) electrons. The predicted molar refractivity (Wildman–Crippen MR) is 142 cm³/mol. The molecular formula is C29H35N3O4. The van der Waals surface area contributed by atoms with Crippen LogP contribution in [0.2, 0.25) is 0 Å². The number of nitrogens with one attached hydrogen (secondary N) is 3. The minimum Gasteiger partial charge on any atom is -0.487 e. The molecule has 0 saturated heterocycles. The Balaban J connectivity index is 1.94. The molecule has 3 N–H and O–H groups in total. The highest BCUT2D eigenvalue weighted by molar-refractivity contribution is 5.97. The molecule has 3 atom stereocenters. The van der Waals surface area contributed by atoms with Crippen LogP contribution < -0.4 is 20.7 Å². The van der Waals surface area contributed by atoms with Gasteiger partial charge >= 0.3 is 0 Å². The van der Waals surface area contributed by atoms with Gasteiger partial charge in [-0.3, -0.25) is 14.4 Å². The molecule has 2 heterocycles. The van der Waals surface area contributed by atoms with Gasteiger partial charge in [0.25, 0.3) is 0 Å². The molecule has 190 valence electrons. The molecule has 36 heavy (non-hydrogen) atoms. The fourth-order valence-electron chi connectivity index (χ4n) is 3.92. The van der Waals surface area contributed by atoms with Crippen molar-refractivity contribution in [3.63, 3.8) is 0 Å². The second-order valence-corrected chi connectivity index (χ2v) is 9.66. The number of rotatable bonds is 6. The summed E-state index contributed by atoms with van der Waals surface area (Å²) in [5, 5.41) is 8.44. The molecule has 0 fully saturated rings.